The number of benzene rings is 3. The van der Waals surface area contributed by atoms with Crippen LogP contribution in [-0.2, 0) is 17.4 Å². The van der Waals surface area contributed by atoms with Gasteiger partial charge >= 0.3 is 12.1 Å². The minimum Gasteiger partial charge on any atom is -0.480 e. The van der Waals surface area contributed by atoms with Crippen LogP contribution in [0.1, 0.15) is 54.8 Å². The van der Waals surface area contributed by atoms with Crippen molar-refractivity contribution in [3.05, 3.63) is 98.8 Å². The van der Waals surface area contributed by atoms with Gasteiger partial charge in [-0.1, -0.05) is 85.5 Å². The molecule has 1 N–H and O–H groups in total. The predicted molar refractivity (Wildman–Crippen MR) is 158 cm³/mol. The highest BCUT2D eigenvalue weighted by Crippen LogP contribution is 2.44. The Labute approximate surface area is 246 Å². The van der Waals surface area contributed by atoms with Crippen LogP contribution in [0.3, 0.4) is 0 Å². The van der Waals surface area contributed by atoms with Crippen molar-refractivity contribution in [2.75, 3.05) is 18.0 Å². The number of carboxylic acid groups (broad SMARTS) is 1. The van der Waals surface area contributed by atoms with Crippen molar-refractivity contribution >= 4 is 34.2 Å². The van der Waals surface area contributed by atoms with Gasteiger partial charge in [0.25, 0.3) is 5.56 Å². The van der Waals surface area contributed by atoms with Gasteiger partial charge in [0.05, 0.1) is 12.1 Å². The van der Waals surface area contributed by atoms with Gasteiger partial charge in [-0.15, -0.1) is 0 Å². The molecule has 0 bridgehead atoms. The first-order chi connectivity index (χ1) is 20.1. The molecule has 218 valence electrons. The highest BCUT2D eigenvalue weighted by molar-refractivity contribution is 6.32. The van der Waals surface area contributed by atoms with E-state index >= 15 is 0 Å². The van der Waals surface area contributed by atoms with Crippen LogP contribution in [0.25, 0.3) is 21.9 Å². The zero-order valence-electron chi connectivity index (χ0n) is 22.8. The number of aromatic nitrogens is 1. The number of alkyl halides is 3. The minimum atomic E-state index is -4.59. The highest BCUT2D eigenvalue weighted by Gasteiger charge is 2.40. The van der Waals surface area contributed by atoms with Crippen LogP contribution >= 0.6 is 11.6 Å². The van der Waals surface area contributed by atoms with E-state index in [2.05, 4.69) is 0 Å². The van der Waals surface area contributed by atoms with Gasteiger partial charge in [0.15, 0.2) is 6.04 Å². The van der Waals surface area contributed by atoms with Crippen molar-refractivity contribution in [3.8, 4) is 11.1 Å². The van der Waals surface area contributed by atoms with Gasteiger partial charge in [-0.2, -0.15) is 13.2 Å². The second-order valence-electron chi connectivity index (χ2n) is 11.3. The monoisotopic (exact) mass is 594 g/mol. The lowest BCUT2D eigenvalue weighted by Gasteiger charge is -2.30. The van der Waals surface area contributed by atoms with Crippen LogP contribution in [0.2, 0.25) is 5.02 Å². The van der Waals surface area contributed by atoms with E-state index in [4.69, 9.17) is 11.6 Å². The van der Waals surface area contributed by atoms with Gasteiger partial charge in [0.1, 0.15) is 10.8 Å². The first kappa shape index (κ1) is 28.3. The smallest absolute Gasteiger partial charge is 0.416 e. The average molecular weight is 595 g/mol. The van der Waals surface area contributed by atoms with Crippen molar-refractivity contribution in [3.63, 3.8) is 0 Å². The molecule has 0 amide bonds. The summed E-state index contributed by atoms with van der Waals surface area (Å²) in [6, 6.07) is 17.3. The zero-order chi connectivity index (χ0) is 29.6. The summed E-state index contributed by atoms with van der Waals surface area (Å²) in [6.07, 6.45) is 0.841. The predicted octanol–water partition coefficient (Wildman–Crippen LogP) is 7.96. The molecule has 1 aromatic heterocycles. The van der Waals surface area contributed by atoms with E-state index in [0.717, 1.165) is 60.6 Å². The number of rotatable bonds is 6. The summed E-state index contributed by atoms with van der Waals surface area (Å²) in [5.74, 6) is -0.560. The first-order valence-corrected chi connectivity index (χ1v) is 14.6. The molecule has 0 radical (unpaired) electrons. The van der Waals surface area contributed by atoms with Gasteiger partial charge in [-0.25, -0.2) is 4.79 Å². The maximum Gasteiger partial charge on any atom is 0.416 e. The fourth-order valence-electron chi connectivity index (χ4n) is 6.66. The number of hydrogen-bond donors (Lipinski definition) is 1. The Kier molecular flexibility index (Phi) is 7.51. The Balaban J connectivity index is 1.62. The molecular weight excluding hydrogens is 565 g/mol. The number of carboxylic acids is 1. The Bertz CT molecular complexity index is 1720. The molecule has 6 rings (SSSR count). The zero-order valence-corrected chi connectivity index (χ0v) is 23.6. The summed E-state index contributed by atoms with van der Waals surface area (Å²) >= 11 is 6.81. The van der Waals surface area contributed by atoms with Crippen LogP contribution in [0, 0.1) is 5.92 Å². The van der Waals surface area contributed by atoms with Gasteiger partial charge in [0, 0.05) is 18.5 Å². The molecule has 5 nitrogen and oxygen atoms in total. The van der Waals surface area contributed by atoms with E-state index in [1.165, 1.54) is 10.6 Å². The molecule has 1 fully saturated rings. The van der Waals surface area contributed by atoms with Gasteiger partial charge in [-0.05, 0) is 58.4 Å². The van der Waals surface area contributed by atoms with Crippen molar-refractivity contribution in [1.29, 1.82) is 0 Å². The number of aliphatic carboxylic acids is 1. The summed E-state index contributed by atoms with van der Waals surface area (Å²) in [7, 11) is 0. The maximum absolute atomic E-state index is 13.9. The van der Waals surface area contributed by atoms with Crippen LogP contribution < -0.4 is 10.5 Å². The molecule has 0 spiro atoms. The second-order valence-corrected chi connectivity index (χ2v) is 11.7. The number of anilines is 1. The van der Waals surface area contributed by atoms with E-state index in [9.17, 15) is 27.9 Å². The lowest BCUT2D eigenvalue weighted by Crippen LogP contribution is -2.31. The summed E-state index contributed by atoms with van der Waals surface area (Å²) < 4.78 is 42.9. The molecular formula is C33H30ClF3N2O3. The Morgan fingerprint density at radius 1 is 0.976 bits per heavy atom. The third kappa shape index (κ3) is 5.17. The number of nitrogens with zero attached hydrogens (tertiary/aromatic N) is 2. The van der Waals surface area contributed by atoms with E-state index in [1.54, 1.807) is 6.07 Å². The second kappa shape index (κ2) is 11.1. The quantitative estimate of drug-likeness (QED) is 0.246. The number of pyridine rings is 1. The Hall–Kier alpha value is -3.78. The molecule has 1 atom stereocenters. The summed E-state index contributed by atoms with van der Waals surface area (Å²) in [4.78, 5) is 28.2. The number of halogens is 4. The third-order valence-corrected chi connectivity index (χ3v) is 9.03. The molecule has 0 saturated heterocycles. The number of hydrogen-bond acceptors (Lipinski definition) is 3. The molecule has 1 aliphatic heterocycles. The van der Waals surface area contributed by atoms with Crippen LogP contribution in [0.15, 0.2) is 71.5 Å². The molecule has 2 heterocycles. The lowest BCUT2D eigenvalue weighted by atomic mass is 9.88. The normalized spacial score (nSPS) is 17.5. The Morgan fingerprint density at radius 2 is 1.69 bits per heavy atom. The minimum absolute atomic E-state index is 0.0427. The largest absolute Gasteiger partial charge is 0.480 e. The Morgan fingerprint density at radius 3 is 2.43 bits per heavy atom. The van der Waals surface area contributed by atoms with Crippen LogP contribution in [-0.4, -0.2) is 28.7 Å². The summed E-state index contributed by atoms with van der Waals surface area (Å²) in [5, 5.41) is 11.9. The molecule has 1 saturated carbocycles. The van der Waals surface area contributed by atoms with Crippen LogP contribution in [0.4, 0.5) is 19.0 Å². The van der Waals surface area contributed by atoms with Gasteiger partial charge in [-0.3, -0.25) is 9.36 Å². The SMILES string of the molecule is O=C(O)C1CN(CC2CCCCC2)c2c(-c3cccc(C(F)(F)F)c3)c(Cc3cccc4ccccc34)c(Cl)c(=O)n21. The van der Waals surface area contributed by atoms with Crippen molar-refractivity contribution in [2.45, 2.75) is 50.7 Å². The van der Waals surface area contributed by atoms with E-state index < -0.39 is 29.3 Å². The number of carbonyl (C=O) groups is 1. The van der Waals surface area contributed by atoms with Gasteiger partial charge < -0.3 is 10.0 Å². The average Bonchev–Trinajstić information content (AvgIpc) is 3.35. The topological polar surface area (TPSA) is 62.5 Å². The lowest BCUT2D eigenvalue weighted by molar-refractivity contribution is -0.140. The van der Waals surface area contributed by atoms with E-state index in [0.29, 0.717) is 29.4 Å². The summed E-state index contributed by atoms with van der Waals surface area (Å²) in [6.45, 7) is 0.561. The molecule has 42 heavy (non-hydrogen) atoms. The van der Waals surface area contributed by atoms with E-state index in [-0.39, 0.29) is 23.6 Å². The molecule has 3 aromatic carbocycles. The molecule has 1 aliphatic carbocycles. The highest BCUT2D eigenvalue weighted by atomic mass is 35.5. The standard InChI is InChI=1S/C33H30ClF3N2O3/c34-29-26(17-22-12-6-11-21-10-4-5-15-25(21)22)28(23-13-7-14-24(16-23)33(35,36)37)30-38(18-20-8-2-1-3-9-20)19-27(32(41)42)39(30)31(29)40/h4-7,10-16,20,27H,1-3,8-9,17-19H2,(H,41,42). The van der Waals surface area contributed by atoms with Crippen molar-refractivity contribution in [2.24, 2.45) is 5.92 Å². The van der Waals surface area contributed by atoms with E-state index in [1.807, 2.05) is 47.4 Å². The first-order valence-electron chi connectivity index (χ1n) is 14.2. The molecule has 1 unspecified atom stereocenters. The molecule has 9 heteroatoms. The maximum atomic E-state index is 13.9. The van der Waals surface area contributed by atoms with Crippen molar-refractivity contribution < 1.29 is 23.1 Å². The molecule has 2 aliphatic rings. The van der Waals surface area contributed by atoms with Crippen LogP contribution in [0.5, 0.6) is 0 Å². The third-order valence-electron chi connectivity index (χ3n) is 8.64. The fraction of sp³-hybridized carbons (Fsp3) is 0.333. The van der Waals surface area contributed by atoms with Gasteiger partial charge in [0.2, 0.25) is 0 Å². The fourth-order valence-corrected chi connectivity index (χ4v) is 6.91. The summed E-state index contributed by atoms with van der Waals surface area (Å²) in [5.41, 5.74) is 0.394. The number of fused-ring (bicyclic) bond motifs is 2. The van der Waals surface area contributed by atoms with Crippen molar-refractivity contribution in [1.82, 2.24) is 4.57 Å². The molecule has 4 aromatic rings.